The van der Waals surface area contributed by atoms with Crippen LogP contribution in [0.5, 0.6) is 0 Å². The molecule has 0 atom stereocenters. The Morgan fingerprint density at radius 1 is 1.45 bits per heavy atom. The minimum absolute atomic E-state index is 0.197. The number of rotatable bonds is 3. The summed E-state index contributed by atoms with van der Waals surface area (Å²) in [5.41, 5.74) is 6.37. The summed E-state index contributed by atoms with van der Waals surface area (Å²) in [4.78, 5) is 13.3. The molecule has 20 heavy (non-hydrogen) atoms. The zero-order chi connectivity index (χ0) is 14.4. The molecule has 0 aliphatic heterocycles. The summed E-state index contributed by atoms with van der Waals surface area (Å²) >= 11 is 1.63. The SMILES string of the molecule is CC1CCC(C(=O)NCc2sccc2C#CCN)CC1. The van der Waals surface area contributed by atoms with Crippen molar-refractivity contribution in [2.24, 2.45) is 17.6 Å². The normalized spacial score (nSPS) is 21.9. The maximum atomic E-state index is 12.2. The molecule has 0 unspecified atom stereocenters. The molecule has 4 heteroatoms. The molecule has 0 radical (unpaired) electrons. The molecule has 1 aliphatic carbocycles. The first-order valence-electron chi connectivity index (χ1n) is 7.23. The van der Waals surface area contributed by atoms with Crippen molar-refractivity contribution in [2.45, 2.75) is 39.2 Å². The van der Waals surface area contributed by atoms with Crippen molar-refractivity contribution in [3.63, 3.8) is 0 Å². The molecule has 1 aromatic heterocycles. The van der Waals surface area contributed by atoms with Crippen LogP contribution in [0.2, 0.25) is 0 Å². The van der Waals surface area contributed by atoms with E-state index in [-0.39, 0.29) is 11.8 Å². The molecule has 108 valence electrons. The number of hydrogen-bond acceptors (Lipinski definition) is 3. The highest BCUT2D eigenvalue weighted by molar-refractivity contribution is 7.10. The number of amides is 1. The van der Waals surface area contributed by atoms with Crippen LogP contribution in [0.15, 0.2) is 11.4 Å². The molecule has 0 bridgehead atoms. The number of carbonyl (C=O) groups excluding carboxylic acids is 1. The number of thiophene rings is 1. The van der Waals surface area contributed by atoms with Gasteiger partial charge in [-0.2, -0.15) is 0 Å². The summed E-state index contributed by atoms with van der Waals surface area (Å²) in [6.45, 7) is 3.21. The largest absolute Gasteiger partial charge is 0.351 e. The van der Waals surface area contributed by atoms with Gasteiger partial charge in [0.1, 0.15) is 0 Å². The van der Waals surface area contributed by atoms with Crippen molar-refractivity contribution < 1.29 is 4.79 Å². The van der Waals surface area contributed by atoms with Crippen molar-refractivity contribution in [2.75, 3.05) is 6.54 Å². The van der Waals surface area contributed by atoms with Crippen molar-refractivity contribution in [1.29, 1.82) is 0 Å². The molecule has 1 fully saturated rings. The minimum atomic E-state index is 0.197. The molecule has 3 nitrogen and oxygen atoms in total. The molecule has 2 rings (SSSR count). The van der Waals surface area contributed by atoms with Gasteiger partial charge in [0.25, 0.3) is 0 Å². The van der Waals surface area contributed by atoms with E-state index in [0.717, 1.165) is 29.2 Å². The Labute approximate surface area is 124 Å². The summed E-state index contributed by atoms with van der Waals surface area (Å²) in [5, 5.41) is 5.06. The summed E-state index contributed by atoms with van der Waals surface area (Å²) in [7, 11) is 0. The van der Waals surface area contributed by atoms with E-state index < -0.39 is 0 Å². The summed E-state index contributed by atoms with van der Waals surface area (Å²) in [5.74, 6) is 7.07. The standard InChI is InChI=1S/C16H22N2OS/c1-12-4-6-14(7-5-12)16(19)18-11-15-13(3-2-9-17)8-10-20-15/h8,10,12,14H,4-7,9,11,17H2,1H3,(H,18,19). The monoisotopic (exact) mass is 290 g/mol. The van der Waals surface area contributed by atoms with Gasteiger partial charge in [0.2, 0.25) is 5.91 Å². The molecular formula is C16H22N2OS. The molecule has 1 heterocycles. The van der Waals surface area contributed by atoms with Crippen LogP contribution in [-0.2, 0) is 11.3 Å². The fourth-order valence-corrected chi connectivity index (χ4v) is 3.34. The second-order valence-electron chi connectivity index (χ2n) is 5.44. The number of hydrogen-bond donors (Lipinski definition) is 2. The second-order valence-corrected chi connectivity index (χ2v) is 6.44. The van der Waals surface area contributed by atoms with Gasteiger partial charge >= 0.3 is 0 Å². The van der Waals surface area contributed by atoms with Crippen LogP contribution in [0.1, 0.15) is 43.0 Å². The third-order valence-electron chi connectivity index (χ3n) is 3.88. The first-order valence-corrected chi connectivity index (χ1v) is 8.11. The van der Waals surface area contributed by atoms with E-state index in [0.29, 0.717) is 13.1 Å². The van der Waals surface area contributed by atoms with Gasteiger partial charge in [-0.3, -0.25) is 4.79 Å². The maximum Gasteiger partial charge on any atom is 0.223 e. The Morgan fingerprint density at radius 2 is 2.20 bits per heavy atom. The zero-order valence-electron chi connectivity index (χ0n) is 11.9. The predicted octanol–water partition coefficient (Wildman–Crippen LogP) is 2.50. The second kappa shape index (κ2) is 7.47. The summed E-state index contributed by atoms with van der Waals surface area (Å²) in [6, 6.07) is 1.98. The fraction of sp³-hybridized carbons (Fsp3) is 0.562. The molecule has 1 aromatic rings. The molecule has 1 saturated carbocycles. The first-order chi connectivity index (χ1) is 9.70. The summed E-state index contributed by atoms with van der Waals surface area (Å²) in [6.07, 6.45) is 4.39. The lowest BCUT2D eigenvalue weighted by Crippen LogP contribution is -2.32. The van der Waals surface area contributed by atoms with Crippen molar-refractivity contribution in [1.82, 2.24) is 5.32 Å². The number of carbonyl (C=O) groups is 1. The van der Waals surface area contributed by atoms with Crippen molar-refractivity contribution in [3.8, 4) is 11.8 Å². The van der Waals surface area contributed by atoms with E-state index in [9.17, 15) is 4.79 Å². The number of nitrogens with two attached hydrogens (primary N) is 1. The average molecular weight is 290 g/mol. The lowest BCUT2D eigenvalue weighted by Gasteiger charge is -2.25. The third kappa shape index (κ3) is 4.09. The third-order valence-corrected chi connectivity index (χ3v) is 4.80. The van der Waals surface area contributed by atoms with E-state index in [2.05, 4.69) is 24.1 Å². The van der Waals surface area contributed by atoms with Crippen LogP contribution in [0, 0.1) is 23.7 Å². The van der Waals surface area contributed by atoms with Crippen LogP contribution >= 0.6 is 11.3 Å². The molecule has 0 spiro atoms. The molecule has 1 amide bonds. The summed E-state index contributed by atoms with van der Waals surface area (Å²) < 4.78 is 0. The molecular weight excluding hydrogens is 268 g/mol. The van der Waals surface area contributed by atoms with E-state index in [1.165, 1.54) is 12.8 Å². The molecule has 0 aromatic carbocycles. The Kier molecular flexibility index (Phi) is 5.63. The highest BCUT2D eigenvalue weighted by Crippen LogP contribution is 2.28. The fourth-order valence-electron chi connectivity index (χ4n) is 2.57. The average Bonchev–Trinajstić information content (AvgIpc) is 2.90. The lowest BCUT2D eigenvalue weighted by atomic mass is 9.82. The Hall–Kier alpha value is -1.31. The van der Waals surface area contributed by atoms with Gasteiger partial charge in [-0.15, -0.1) is 11.3 Å². The molecule has 1 aliphatic rings. The zero-order valence-corrected chi connectivity index (χ0v) is 12.8. The van der Waals surface area contributed by atoms with E-state index in [1.807, 2.05) is 11.4 Å². The predicted molar refractivity (Wildman–Crippen MR) is 83.2 cm³/mol. The Balaban J connectivity index is 1.86. The van der Waals surface area contributed by atoms with Crippen LogP contribution in [-0.4, -0.2) is 12.5 Å². The van der Waals surface area contributed by atoms with Gasteiger partial charge in [-0.05, 0) is 43.0 Å². The van der Waals surface area contributed by atoms with Gasteiger partial charge in [0, 0.05) is 16.4 Å². The van der Waals surface area contributed by atoms with Crippen molar-refractivity contribution >= 4 is 17.2 Å². The lowest BCUT2D eigenvalue weighted by molar-refractivity contribution is -0.126. The Bertz CT molecular complexity index is 504. The highest BCUT2D eigenvalue weighted by Gasteiger charge is 2.24. The van der Waals surface area contributed by atoms with Crippen molar-refractivity contribution in [3.05, 3.63) is 21.9 Å². The minimum Gasteiger partial charge on any atom is -0.351 e. The molecule has 0 saturated heterocycles. The smallest absolute Gasteiger partial charge is 0.223 e. The highest BCUT2D eigenvalue weighted by atomic mass is 32.1. The van der Waals surface area contributed by atoms with Gasteiger partial charge in [-0.1, -0.05) is 18.8 Å². The van der Waals surface area contributed by atoms with E-state index >= 15 is 0 Å². The van der Waals surface area contributed by atoms with E-state index in [1.54, 1.807) is 11.3 Å². The van der Waals surface area contributed by atoms with Crippen LogP contribution in [0.3, 0.4) is 0 Å². The molecule has 3 N–H and O–H groups in total. The van der Waals surface area contributed by atoms with Crippen LogP contribution in [0.25, 0.3) is 0 Å². The maximum absolute atomic E-state index is 12.2. The first kappa shape index (κ1) is 15.1. The van der Waals surface area contributed by atoms with Gasteiger partial charge in [-0.25, -0.2) is 0 Å². The quantitative estimate of drug-likeness (QED) is 0.840. The van der Waals surface area contributed by atoms with Gasteiger partial charge in [0.05, 0.1) is 13.1 Å². The van der Waals surface area contributed by atoms with E-state index in [4.69, 9.17) is 5.73 Å². The van der Waals surface area contributed by atoms with Gasteiger partial charge < -0.3 is 11.1 Å². The van der Waals surface area contributed by atoms with Gasteiger partial charge in [0.15, 0.2) is 0 Å². The topological polar surface area (TPSA) is 55.1 Å². The number of nitrogens with one attached hydrogen (secondary N) is 1. The van der Waals surface area contributed by atoms with Crippen LogP contribution in [0.4, 0.5) is 0 Å². The Morgan fingerprint density at radius 3 is 2.90 bits per heavy atom. The van der Waals surface area contributed by atoms with Crippen LogP contribution < -0.4 is 11.1 Å².